The van der Waals surface area contributed by atoms with E-state index in [4.69, 9.17) is 0 Å². The number of carbonyl (C=O) groups excluding carboxylic acids is 1. The molecule has 6 heteroatoms. The molecule has 1 saturated heterocycles. The second-order valence-corrected chi connectivity index (χ2v) is 6.07. The third kappa shape index (κ3) is 3.71. The van der Waals surface area contributed by atoms with Crippen molar-refractivity contribution in [3.63, 3.8) is 0 Å². The van der Waals surface area contributed by atoms with Gasteiger partial charge >= 0.3 is 0 Å². The first-order valence-corrected chi connectivity index (χ1v) is 8.24. The molecule has 126 valence electrons. The van der Waals surface area contributed by atoms with Gasteiger partial charge in [-0.25, -0.2) is 4.68 Å². The van der Waals surface area contributed by atoms with Gasteiger partial charge in [0.05, 0.1) is 0 Å². The van der Waals surface area contributed by atoms with E-state index in [0.29, 0.717) is 13.1 Å². The molecular formula is C18H22N4O2. The molecule has 0 radical (unpaired) electrons. The van der Waals surface area contributed by atoms with Gasteiger partial charge in [-0.05, 0) is 18.6 Å². The Hall–Kier alpha value is -2.47. The molecule has 1 atom stereocenters. The topological polar surface area (TPSA) is 58.4 Å². The molecular weight excluding hydrogens is 304 g/mol. The molecule has 0 spiro atoms. The van der Waals surface area contributed by atoms with Crippen molar-refractivity contribution in [3.8, 4) is 0 Å². The molecule has 2 heterocycles. The first kappa shape index (κ1) is 16.4. The summed E-state index contributed by atoms with van der Waals surface area (Å²) in [4.78, 5) is 28.6. The number of nitrogens with zero attached hydrogens (tertiary/aromatic N) is 4. The Morgan fingerprint density at radius 1 is 1.08 bits per heavy atom. The van der Waals surface area contributed by atoms with Crippen LogP contribution in [0, 0.1) is 0 Å². The summed E-state index contributed by atoms with van der Waals surface area (Å²) in [5.41, 5.74) is 1.03. The zero-order valence-electron chi connectivity index (χ0n) is 13.8. The third-order valence-corrected chi connectivity index (χ3v) is 4.40. The zero-order chi connectivity index (χ0) is 16.9. The van der Waals surface area contributed by atoms with E-state index >= 15 is 0 Å². The van der Waals surface area contributed by atoms with E-state index in [1.165, 1.54) is 22.5 Å². The highest BCUT2D eigenvalue weighted by Crippen LogP contribution is 2.12. The molecule has 1 aromatic carbocycles. The van der Waals surface area contributed by atoms with Gasteiger partial charge in [0.1, 0.15) is 6.04 Å². The number of hydrogen-bond donors (Lipinski definition) is 0. The first-order chi connectivity index (χ1) is 11.6. The summed E-state index contributed by atoms with van der Waals surface area (Å²) in [5, 5.41) is 4.01. The summed E-state index contributed by atoms with van der Waals surface area (Å²) >= 11 is 0. The van der Waals surface area contributed by atoms with Crippen LogP contribution in [-0.4, -0.2) is 51.7 Å². The van der Waals surface area contributed by atoms with Gasteiger partial charge in [0.25, 0.3) is 5.56 Å². The fourth-order valence-electron chi connectivity index (χ4n) is 3.00. The molecule has 1 amide bonds. The van der Waals surface area contributed by atoms with Crippen molar-refractivity contribution < 1.29 is 4.79 Å². The average molecular weight is 326 g/mol. The Balaban J connectivity index is 1.57. The zero-order valence-corrected chi connectivity index (χ0v) is 13.8. The van der Waals surface area contributed by atoms with Crippen LogP contribution in [0.2, 0.25) is 0 Å². The molecule has 0 aliphatic carbocycles. The molecule has 0 N–H and O–H groups in total. The average Bonchev–Trinajstić information content (AvgIpc) is 2.62. The van der Waals surface area contributed by atoms with E-state index in [-0.39, 0.29) is 11.5 Å². The minimum atomic E-state index is -0.570. The fraction of sp³-hybridized carbons (Fsp3) is 0.389. The lowest BCUT2D eigenvalue weighted by Gasteiger charge is -2.36. The van der Waals surface area contributed by atoms with E-state index in [9.17, 15) is 9.59 Å². The summed E-state index contributed by atoms with van der Waals surface area (Å²) in [6, 6.07) is 12.8. The van der Waals surface area contributed by atoms with Gasteiger partial charge in [0, 0.05) is 45.0 Å². The molecule has 3 rings (SSSR count). The van der Waals surface area contributed by atoms with Gasteiger partial charge < -0.3 is 4.90 Å². The van der Waals surface area contributed by atoms with E-state index in [2.05, 4.69) is 22.1 Å². The number of aromatic nitrogens is 2. The van der Waals surface area contributed by atoms with Gasteiger partial charge in [-0.15, -0.1) is 0 Å². The molecule has 1 unspecified atom stereocenters. The van der Waals surface area contributed by atoms with E-state index in [1.807, 2.05) is 23.1 Å². The van der Waals surface area contributed by atoms with Crippen LogP contribution in [0.3, 0.4) is 0 Å². The van der Waals surface area contributed by atoms with Gasteiger partial charge in [0.2, 0.25) is 5.91 Å². The molecule has 0 bridgehead atoms. The highest BCUT2D eigenvalue weighted by atomic mass is 16.2. The van der Waals surface area contributed by atoms with E-state index in [0.717, 1.165) is 19.6 Å². The maximum atomic E-state index is 12.6. The van der Waals surface area contributed by atoms with Crippen LogP contribution in [0.1, 0.15) is 18.5 Å². The predicted octanol–water partition coefficient (Wildman–Crippen LogP) is 1.15. The number of rotatable bonds is 4. The number of carbonyl (C=O) groups is 1. The summed E-state index contributed by atoms with van der Waals surface area (Å²) in [5.74, 6) is -0.0461. The van der Waals surface area contributed by atoms with Crippen LogP contribution in [0.4, 0.5) is 0 Å². The lowest BCUT2D eigenvalue weighted by molar-refractivity contribution is -0.136. The molecule has 2 aromatic rings. The van der Waals surface area contributed by atoms with Crippen LogP contribution in [0.25, 0.3) is 0 Å². The van der Waals surface area contributed by atoms with Crippen LogP contribution >= 0.6 is 0 Å². The lowest BCUT2D eigenvalue weighted by atomic mass is 10.2. The summed E-state index contributed by atoms with van der Waals surface area (Å²) < 4.78 is 1.25. The van der Waals surface area contributed by atoms with Crippen LogP contribution < -0.4 is 5.56 Å². The predicted molar refractivity (Wildman–Crippen MR) is 91.5 cm³/mol. The highest BCUT2D eigenvalue weighted by molar-refractivity contribution is 5.80. The normalized spacial score (nSPS) is 16.8. The largest absolute Gasteiger partial charge is 0.338 e. The van der Waals surface area contributed by atoms with Gasteiger partial charge in [0.15, 0.2) is 0 Å². The SMILES string of the molecule is CC(C(=O)N1CCN(Cc2ccccc2)CC1)n1ncccc1=O. The molecule has 1 aliphatic heterocycles. The lowest BCUT2D eigenvalue weighted by Crippen LogP contribution is -2.50. The third-order valence-electron chi connectivity index (χ3n) is 4.40. The van der Waals surface area contributed by atoms with Gasteiger partial charge in [-0.2, -0.15) is 5.10 Å². The van der Waals surface area contributed by atoms with E-state index < -0.39 is 6.04 Å². The minimum absolute atomic E-state index is 0.0461. The second-order valence-electron chi connectivity index (χ2n) is 6.07. The Kier molecular flexibility index (Phi) is 5.05. The highest BCUT2D eigenvalue weighted by Gasteiger charge is 2.26. The van der Waals surface area contributed by atoms with E-state index in [1.54, 1.807) is 13.0 Å². The van der Waals surface area contributed by atoms with Gasteiger partial charge in [-0.3, -0.25) is 14.5 Å². The van der Waals surface area contributed by atoms with Crippen molar-refractivity contribution in [1.29, 1.82) is 0 Å². The second kappa shape index (κ2) is 7.40. The number of hydrogen-bond acceptors (Lipinski definition) is 4. The summed E-state index contributed by atoms with van der Waals surface area (Å²) in [6.07, 6.45) is 1.53. The quantitative estimate of drug-likeness (QED) is 0.846. The van der Waals surface area contributed by atoms with Crippen LogP contribution in [-0.2, 0) is 11.3 Å². The Morgan fingerprint density at radius 3 is 2.46 bits per heavy atom. The molecule has 24 heavy (non-hydrogen) atoms. The maximum absolute atomic E-state index is 12.6. The monoisotopic (exact) mass is 326 g/mol. The standard InChI is InChI=1S/C18H22N4O2/c1-15(22-17(23)8-5-9-19-22)18(24)21-12-10-20(11-13-21)14-16-6-3-2-4-7-16/h2-9,15H,10-14H2,1H3. The smallest absolute Gasteiger partial charge is 0.267 e. The summed E-state index contributed by atoms with van der Waals surface area (Å²) in [6.45, 7) is 5.66. The maximum Gasteiger partial charge on any atom is 0.267 e. The molecule has 1 aliphatic rings. The van der Waals surface area contributed by atoms with Crippen molar-refractivity contribution in [1.82, 2.24) is 19.6 Å². The summed E-state index contributed by atoms with van der Waals surface area (Å²) in [7, 11) is 0. The van der Waals surface area contributed by atoms with Crippen LogP contribution in [0.5, 0.6) is 0 Å². The van der Waals surface area contributed by atoms with Crippen molar-refractivity contribution in [2.75, 3.05) is 26.2 Å². The Labute approximate surface area is 141 Å². The number of piperazine rings is 1. The van der Waals surface area contributed by atoms with Crippen molar-refractivity contribution in [3.05, 3.63) is 64.6 Å². The van der Waals surface area contributed by atoms with Crippen molar-refractivity contribution in [2.24, 2.45) is 0 Å². The molecule has 1 aromatic heterocycles. The number of benzene rings is 1. The minimum Gasteiger partial charge on any atom is -0.338 e. The number of amides is 1. The molecule has 0 saturated carbocycles. The van der Waals surface area contributed by atoms with Gasteiger partial charge in [-0.1, -0.05) is 30.3 Å². The molecule has 6 nitrogen and oxygen atoms in total. The molecule has 1 fully saturated rings. The Bertz CT molecular complexity index is 736. The first-order valence-electron chi connectivity index (χ1n) is 8.24. The van der Waals surface area contributed by atoms with Crippen LogP contribution in [0.15, 0.2) is 53.5 Å². The Morgan fingerprint density at radius 2 is 1.79 bits per heavy atom. The van der Waals surface area contributed by atoms with Crippen molar-refractivity contribution in [2.45, 2.75) is 19.5 Å². The fourth-order valence-corrected chi connectivity index (χ4v) is 3.00. The van der Waals surface area contributed by atoms with Crippen molar-refractivity contribution >= 4 is 5.91 Å².